The third-order valence-electron chi connectivity index (χ3n) is 6.15. The standard InChI is InChI=1S/C23H26F2N5O5P/c1-35-22-21-15(10-19(28-22)29-7-4-14(5-8-29)6-9-36(33)34)12-26-30(23(21)32)13-20(31)27-16-2-3-17(24)18(25)11-16/h2-3,10-12,14,33-34H,4-9,13H2,1H3,(H,27,31). The number of benzene rings is 1. The maximum absolute atomic E-state index is 13.4. The molecule has 3 heterocycles. The summed E-state index contributed by atoms with van der Waals surface area (Å²) in [5.41, 5.74) is -0.527. The molecule has 1 amide bonds. The van der Waals surface area contributed by atoms with Crippen LogP contribution >= 0.6 is 8.38 Å². The van der Waals surface area contributed by atoms with Crippen LogP contribution in [0.2, 0.25) is 0 Å². The van der Waals surface area contributed by atoms with Gasteiger partial charge in [-0.15, -0.1) is 0 Å². The van der Waals surface area contributed by atoms with E-state index in [4.69, 9.17) is 14.5 Å². The second kappa shape index (κ2) is 11.2. The molecule has 1 aliphatic heterocycles. The number of carbonyl (C=O) groups is 1. The van der Waals surface area contributed by atoms with E-state index in [-0.39, 0.29) is 17.0 Å². The minimum atomic E-state index is -1.87. The van der Waals surface area contributed by atoms with Gasteiger partial charge in [0.15, 0.2) is 20.0 Å². The Labute approximate surface area is 206 Å². The number of fused-ring (bicyclic) bond motifs is 1. The van der Waals surface area contributed by atoms with E-state index in [1.54, 1.807) is 6.07 Å². The molecule has 0 aliphatic carbocycles. The molecule has 13 heteroatoms. The van der Waals surface area contributed by atoms with Crippen molar-refractivity contribution in [3.05, 3.63) is 52.5 Å². The lowest BCUT2D eigenvalue weighted by atomic mass is 9.94. The SMILES string of the molecule is COc1nc(N2CCC(CCP(O)O)CC2)cc2cnn(CC(=O)Nc3ccc(F)c(F)c3)c(=O)c12. The van der Waals surface area contributed by atoms with Gasteiger partial charge in [-0.3, -0.25) is 9.59 Å². The van der Waals surface area contributed by atoms with E-state index >= 15 is 0 Å². The molecular weight excluding hydrogens is 495 g/mol. The van der Waals surface area contributed by atoms with Crippen molar-refractivity contribution < 1.29 is 28.1 Å². The highest BCUT2D eigenvalue weighted by Gasteiger charge is 2.23. The largest absolute Gasteiger partial charge is 0.480 e. The Morgan fingerprint density at radius 2 is 1.97 bits per heavy atom. The van der Waals surface area contributed by atoms with E-state index in [0.717, 1.165) is 49.2 Å². The van der Waals surface area contributed by atoms with Crippen molar-refractivity contribution in [2.24, 2.45) is 5.92 Å². The van der Waals surface area contributed by atoms with Crippen LogP contribution in [0, 0.1) is 17.6 Å². The lowest BCUT2D eigenvalue weighted by Gasteiger charge is -2.33. The van der Waals surface area contributed by atoms with Crippen LogP contribution in [0.5, 0.6) is 5.88 Å². The van der Waals surface area contributed by atoms with Crippen molar-refractivity contribution in [2.45, 2.75) is 25.8 Å². The Balaban J connectivity index is 1.51. The zero-order chi connectivity index (χ0) is 25.8. The van der Waals surface area contributed by atoms with Gasteiger partial charge in [-0.05, 0) is 43.4 Å². The van der Waals surface area contributed by atoms with E-state index in [2.05, 4.69) is 20.3 Å². The molecule has 36 heavy (non-hydrogen) atoms. The van der Waals surface area contributed by atoms with Gasteiger partial charge in [0, 0.05) is 36.4 Å². The van der Waals surface area contributed by atoms with Gasteiger partial charge in [0.25, 0.3) is 5.56 Å². The van der Waals surface area contributed by atoms with Crippen LogP contribution in [0.25, 0.3) is 10.8 Å². The molecule has 0 atom stereocenters. The van der Waals surface area contributed by atoms with Crippen LogP contribution in [0.4, 0.5) is 20.3 Å². The molecule has 0 bridgehead atoms. The zero-order valence-corrected chi connectivity index (χ0v) is 20.4. The van der Waals surface area contributed by atoms with E-state index in [9.17, 15) is 18.4 Å². The highest BCUT2D eigenvalue weighted by atomic mass is 31.2. The molecule has 1 aromatic carbocycles. The first-order chi connectivity index (χ1) is 17.2. The lowest BCUT2D eigenvalue weighted by molar-refractivity contribution is -0.117. The number of ether oxygens (including phenoxy) is 1. The van der Waals surface area contributed by atoms with E-state index in [1.165, 1.54) is 19.4 Å². The average molecular weight is 521 g/mol. The molecule has 1 fully saturated rings. The number of amides is 1. The molecule has 3 N–H and O–H groups in total. The summed E-state index contributed by atoms with van der Waals surface area (Å²) in [7, 11) is -0.466. The average Bonchev–Trinajstić information content (AvgIpc) is 2.86. The predicted octanol–water partition coefficient (Wildman–Crippen LogP) is 2.62. The summed E-state index contributed by atoms with van der Waals surface area (Å²) >= 11 is 0. The first kappa shape index (κ1) is 25.9. The Morgan fingerprint density at radius 1 is 1.22 bits per heavy atom. The number of nitrogens with zero attached hydrogens (tertiary/aromatic N) is 4. The lowest BCUT2D eigenvalue weighted by Crippen LogP contribution is -2.34. The van der Waals surface area contributed by atoms with Gasteiger partial charge in [-0.1, -0.05) is 0 Å². The van der Waals surface area contributed by atoms with Gasteiger partial charge >= 0.3 is 0 Å². The summed E-state index contributed by atoms with van der Waals surface area (Å²) in [4.78, 5) is 50.4. The topological polar surface area (TPSA) is 130 Å². The molecule has 2 aromatic heterocycles. The summed E-state index contributed by atoms with van der Waals surface area (Å²) < 4.78 is 32.8. The summed E-state index contributed by atoms with van der Waals surface area (Å²) in [5.74, 6) is -1.62. The van der Waals surface area contributed by atoms with Crippen LogP contribution in [0.3, 0.4) is 0 Å². The van der Waals surface area contributed by atoms with Crippen LogP contribution in [0.1, 0.15) is 19.3 Å². The number of aromatic nitrogens is 3. The Morgan fingerprint density at radius 3 is 2.64 bits per heavy atom. The molecule has 0 saturated carbocycles. The molecule has 0 unspecified atom stereocenters. The number of anilines is 2. The fourth-order valence-corrected chi connectivity index (χ4v) is 4.83. The van der Waals surface area contributed by atoms with E-state index in [1.807, 2.05) is 0 Å². The van der Waals surface area contributed by atoms with Crippen molar-refractivity contribution in [1.82, 2.24) is 14.8 Å². The summed E-state index contributed by atoms with van der Waals surface area (Å²) in [6.07, 6.45) is 4.41. The highest BCUT2D eigenvalue weighted by Crippen LogP contribution is 2.32. The number of piperidine rings is 1. The first-order valence-electron chi connectivity index (χ1n) is 11.3. The second-order valence-corrected chi connectivity index (χ2v) is 9.75. The van der Waals surface area contributed by atoms with Gasteiger partial charge in [-0.2, -0.15) is 10.1 Å². The van der Waals surface area contributed by atoms with Gasteiger partial charge in [0.1, 0.15) is 17.7 Å². The third kappa shape index (κ3) is 5.95. The number of pyridine rings is 1. The van der Waals surface area contributed by atoms with Crippen LogP contribution < -0.4 is 20.5 Å². The Hall–Kier alpha value is -3.21. The van der Waals surface area contributed by atoms with E-state index in [0.29, 0.717) is 23.3 Å². The fraction of sp³-hybridized carbons (Fsp3) is 0.391. The molecule has 3 aromatic rings. The Kier molecular flexibility index (Phi) is 8.07. The minimum Gasteiger partial charge on any atom is -0.480 e. The molecule has 1 saturated heterocycles. The number of methoxy groups -OCH3 is 1. The summed E-state index contributed by atoms with van der Waals surface area (Å²) in [5, 5.41) is 7.18. The number of nitrogens with one attached hydrogen (secondary N) is 1. The molecule has 0 spiro atoms. The Bertz CT molecular complexity index is 1310. The van der Waals surface area contributed by atoms with Gasteiger partial charge < -0.3 is 24.7 Å². The van der Waals surface area contributed by atoms with Crippen LogP contribution in [0.15, 0.2) is 35.3 Å². The third-order valence-corrected chi connectivity index (χ3v) is 6.81. The van der Waals surface area contributed by atoms with Crippen molar-refractivity contribution >= 4 is 36.6 Å². The molecule has 4 rings (SSSR count). The number of hydrogen-bond acceptors (Lipinski definition) is 8. The zero-order valence-electron chi connectivity index (χ0n) is 19.5. The first-order valence-corrected chi connectivity index (χ1v) is 12.8. The summed E-state index contributed by atoms with van der Waals surface area (Å²) in [6.45, 7) is 1.02. The van der Waals surface area contributed by atoms with Gasteiger partial charge in [-0.25, -0.2) is 13.5 Å². The van der Waals surface area contributed by atoms with Crippen molar-refractivity contribution in [3.8, 4) is 5.88 Å². The second-order valence-electron chi connectivity index (χ2n) is 8.55. The van der Waals surface area contributed by atoms with Gasteiger partial charge in [0.2, 0.25) is 11.8 Å². The molecule has 1 aliphatic rings. The number of halogens is 2. The van der Waals surface area contributed by atoms with Crippen molar-refractivity contribution in [3.63, 3.8) is 0 Å². The quantitative estimate of drug-likeness (QED) is 0.386. The maximum atomic E-state index is 13.4. The van der Waals surface area contributed by atoms with Crippen LogP contribution in [-0.4, -0.2) is 56.8 Å². The summed E-state index contributed by atoms with van der Waals surface area (Å²) in [6, 6.07) is 4.69. The molecular formula is C23H26F2N5O5P. The number of rotatable bonds is 8. The predicted molar refractivity (Wildman–Crippen MR) is 131 cm³/mol. The fourth-order valence-electron chi connectivity index (χ4n) is 4.24. The highest BCUT2D eigenvalue weighted by molar-refractivity contribution is 7.45. The minimum absolute atomic E-state index is 0.0499. The van der Waals surface area contributed by atoms with Crippen molar-refractivity contribution in [1.29, 1.82) is 0 Å². The number of hydrogen-bond donors (Lipinski definition) is 3. The van der Waals surface area contributed by atoms with Crippen molar-refractivity contribution in [2.75, 3.05) is 36.6 Å². The van der Waals surface area contributed by atoms with E-state index < -0.39 is 38.0 Å². The maximum Gasteiger partial charge on any atom is 0.280 e. The normalized spacial score (nSPS) is 14.4. The monoisotopic (exact) mass is 521 g/mol. The molecule has 10 nitrogen and oxygen atoms in total. The molecule has 0 radical (unpaired) electrons. The smallest absolute Gasteiger partial charge is 0.280 e. The van der Waals surface area contributed by atoms with Gasteiger partial charge in [0.05, 0.1) is 13.3 Å². The van der Waals surface area contributed by atoms with Crippen LogP contribution in [-0.2, 0) is 11.3 Å². The molecule has 192 valence electrons. The number of carbonyl (C=O) groups excluding carboxylic acids is 1.